The summed E-state index contributed by atoms with van der Waals surface area (Å²) in [6.45, 7) is 3.45. The van der Waals surface area contributed by atoms with Crippen LogP contribution >= 0.6 is 0 Å². The Morgan fingerprint density at radius 2 is 1.91 bits per heavy atom. The van der Waals surface area contributed by atoms with Gasteiger partial charge in [-0.05, 0) is 34.9 Å². The Bertz CT molecular complexity index is 1300. The quantitative estimate of drug-likeness (QED) is 0.384. The van der Waals surface area contributed by atoms with Crippen LogP contribution in [0.2, 0.25) is 0 Å². The van der Waals surface area contributed by atoms with E-state index < -0.39 is 5.97 Å². The Labute approximate surface area is 196 Å². The first-order valence-corrected chi connectivity index (χ1v) is 10.9. The van der Waals surface area contributed by atoms with E-state index in [2.05, 4.69) is 37.8 Å². The number of unbranched alkanes of at least 4 members (excludes halogenated alkanes) is 1. The molecular formula is C24H25N7O3. The van der Waals surface area contributed by atoms with E-state index in [0.29, 0.717) is 23.8 Å². The lowest BCUT2D eigenvalue weighted by molar-refractivity contribution is -0.114. The van der Waals surface area contributed by atoms with Gasteiger partial charge >= 0.3 is 5.97 Å². The van der Waals surface area contributed by atoms with Gasteiger partial charge < -0.3 is 10.1 Å². The minimum atomic E-state index is -0.604. The summed E-state index contributed by atoms with van der Waals surface area (Å²) in [6.07, 6.45) is 2.41. The summed E-state index contributed by atoms with van der Waals surface area (Å²) in [5.41, 5.74) is 3.43. The van der Waals surface area contributed by atoms with Gasteiger partial charge in [0.15, 0.2) is 11.5 Å². The van der Waals surface area contributed by atoms with E-state index in [1.807, 2.05) is 48.5 Å². The summed E-state index contributed by atoms with van der Waals surface area (Å²) in [6, 6.07) is 15.6. The number of benzene rings is 2. The van der Waals surface area contributed by atoms with Crippen LogP contribution in [0.4, 0.5) is 5.82 Å². The number of aromatic amines is 1. The standard InChI is InChI=1S/C24H25N7O3/c1-4-5-11-20-26-23(25-15(2)32)21(24(33)34-3)31(20)17-12-13-18(16-9-7-6-8-10-16)19(14-17)22-27-29-30-28-22/h6-10,12-14H,4-5,11H2,1-3H3,(H,25,32)(H,27,28,29,30). The Morgan fingerprint density at radius 1 is 1.12 bits per heavy atom. The Hall–Kier alpha value is -4.34. The molecule has 1 amide bonds. The molecule has 10 heteroatoms. The number of hydrogen-bond acceptors (Lipinski definition) is 7. The first-order valence-electron chi connectivity index (χ1n) is 10.9. The summed E-state index contributed by atoms with van der Waals surface area (Å²) in [5.74, 6) is 0.282. The maximum absolute atomic E-state index is 12.8. The molecule has 0 atom stereocenters. The normalized spacial score (nSPS) is 10.8. The van der Waals surface area contributed by atoms with E-state index in [0.717, 1.165) is 29.5 Å². The van der Waals surface area contributed by atoms with Crippen molar-refractivity contribution in [3.63, 3.8) is 0 Å². The van der Waals surface area contributed by atoms with Gasteiger partial charge in [-0.25, -0.2) is 9.78 Å². The summed E-state index contributed by atoms with van der Waals surface area (Å²) in [4.78, 5) is 29.2. The number of ether oxygens (including phenoxy) is 1. The fourth-order valence-electron chi connectivity index (χ4n) is 3.79. The second kappa shape index (κ2) is 10.1. The summed E-state index contributed by atoms with van der Waals surface area (Å²) < 4.78 is 6.77. The smallest absolute Gasteiger partial charge is 0.358 e. The van der Waals surface area contributed by atoms with Crippen LogP contribution in [0.25, 0.3) is 28.2 Å². The van der Waals surface area contributed by atoms with Crippen molar-refractivity contribution in [1.29, 1.82) is 0 Å². The molecule has 2 aromatic heterocycles. The zero-order chi connectivity index (χ0) is 24.1. The second-order valence-corrected chi connectivity index (χ2v) is 7.67. The molecule has 0 spiro atoms. The molecule has 174 valence electrons. The monoisotopic (exact) mass is 459 g/mol. The minimum absolute atomic E-state index is 0.148. The molecule has 0 aliphatic carbocycles. The SMILES string of the molecule is CCCCc1nc(NC(C)=O)c(C(=O)OC)n1-c1ccc(-c2ccccc2)c(-c2nn[nH]n2)c1. The molecule has 10 nitrogen and oxygen atoms in total. The molecule has 2 aromatic carbocycles. The van der Waals surface area contributed by atoms with Crippen LogP contribution in [0.15, 0.2) is 48.5 Å². The highest BCUT2D eigenvalue weighted by atomic mass is 16.5. The molecular weight excluding hydrogens is 434 g/mol. The summed E-state index contributed by atoms with van der Waals surface area (Å²) in [7, 11) is 1.30. The molecule has 0 saturated heterocycles. The number of aryl methyl sites for hydroxylation is 1. The van der Waals surface area contributed by atoms with Gasteiger partial charge in [0.1, 0.15) is 5.82 Å². The van der Waals surface area contributed by atoms with Gasteiger partial charge in [-0.3, -0.25) is 9.36 Å². The van der Waals surface area contributed by atoms with Gasteiger partial charge in [0, 0.05) is 24.6 Å². The molecule has 0 unspecified atom stereocenters. The molecule has 0 radical (unpaired) electrons. The van der Waals surface area contributed by atoms with Crippen LogP contribution in [0.3, 0.4) is 0 Å². The average Bonchev–Trinajstić information content (AvgIpc) is 3.50. The lowest BCUT2D eigenvalue weighted by atomic mass is 9.98. The second-order valence-electron chi connectivity index (χ2n) is 7.67. The van der Waals surface area contributed by atoms with Crippen molar-refractivity contribution in [1.82, 2.24) is 30.2 Å². The van der Waals surface area contributed by atoms with E-state index in [9.17, 15) is 9.59 Å². The molecule has 0 aliphatic heterocycles. The number of methoxy groups -OCH3 is 1. The zero-order valence-corrected chi connectivity index (χ0v) is 19.2. The van der Waals surface area contributed by atoms with Crippen LogP contribution in [-0.2, 0) is 16.0 Å². The number of nitrogens with one attached hydrogen (secondary N) is 2. The van der Waals surface area contributed by atoms with Crippen LogP contribution < -0.4 is 5.32 Å². The number of imidazole rings is 1. The van der Waals surface area contributed by atoms with Crippen molar-refractivity contribution >= 4 is 17.7 Å². The van der Waals surface area contributed by atoms with E-state index in [-0.39, 0.29) is 17.4 Å². The number of H-pyrrole nitrogens is 1. The first kappa shape index (κ1) is 22.8. The Morgan fingerprint density at radius 3 is 2.56 bits per heavy atom. The molecule has 34 heavy (non-hydrogen) atoms. The fourth-order valence-corrected chi connectivity index (χ4v) is 3.79. The number of amides is 1. The topological polar surface area (TPSA) is 128 Å². The van der Waals surface area contributed by atoms with Crippen molar-refractivity contribution in [3.8, 4) is 28.2 Å². The molecule has 2 heterocycles. The Balaban J connectivity index is 1.96. The molecule has 4 aromatic rings. The average molecular weight is 460 g/mol. The molecule has 2 N–H and O–H groups in total. The van der Waals surface area contributed by atoms with Crippen molar-refractivity contribution in [3.05, 3.63) is 60.0 Å². The number of hydrogen-bond donors (Lipinski definition) is 2. The molecule has 0 bridgehead atoms. The highest BCUT2D eigenvalue weighted by molar-refractivity contribution is 5.99. The van der Waals surface area contributed by atoms with Gasteiger partial charge in [0.2, 0.25) is 11.7 Å². The van der Waals surface area contributed by atoms with Gasteiger partial charge in [-0.2, -0.15) is 5.21 Å². The number of aromatic nitrogens is 6. The highest BCUT2D eigenvalue weighted by Gasteiger charge is 2.26. The number of nitrogens with zero attached hydrogens (tertiary/aromatic N) is 5. The van der Waals surface area contributed by atoms with Crippen molar-refractivity contribution in [2.75, 3.05) is 12.4 Å². The van der Waals surface area contributed by atoms with E-state index in [1.54, 1.807) is 4.57 Å². The van der Waals surface area contributed by atoms with E-state index >= 15 is 0 Å². The van der Waals surface area contributed by atoms with E-state index in [4.69, 9.17) is 4.74 Å². The van der Waals surface area contributed by atoms with Crippen molar-refractivity contribution in [2.45, 2.75) is 33.1 Å². The number of anilines is 1. The van der Waals surface area contributed by atoms with Crippen LogP contribution in [0, 0.1) is 0 Å². The van der Waals surface area contributed by atoms with Crippen LogP contribution in [0.5, 0.6) is 0 Å². The molecule has 0 aliphatic rings. The lowest BCUT2D eigenvalue weighted by Crippen LogP contribution is -2.15. The van der Waals surface area contributed by atoms with Crippen molar-refractivity contribution in [2.24, 2.45) is 0 Å². The van der Waals surface area contributed by atoms with Gasteiger partial charge in [-0.15, -0.1) is 10.2 Å². The summed E-state index contributed by atoms with van der Waals surface area (Å²) in [5, 5.41) is 17.2. The number of carbonyl (C=O) groups is 2. The number of carbonyl (C=O) groups excluding carboxylic acids is 2. The molecule has 4 rings (SSSR count). The number of tetrazole rings is 1. The first-order chi connectivity index (χ1) is 16.5. The number of esters is 1. The third kappa shape index (κ3) is 4.56. The molecule has 0 saturated carbocycles. The Kier molecular flexibility index (Phi) is 6.77. The third-order valence-electron chi connectivity index (χ3n) is 5.31. The number of rotatable bonds is 8. The summed E-state index contributed by atoms with van der Waals surface area (Å²) >= 11 is 0. The van der Waals surface area contributed by atoms with Crippen LogP contribution in [-0.4, -0.2) is 49.2 Å². The minimum Gasteiger partial charge on any atom is -0.464 e. The van der Waals surface area contributed by atoms with Gasteiger partial charge in [0.05, 0.1) is 7.11 Å². The highest BCUT2D eigenvalue weighted by Crippen LogP contribution is 2.34. The third-order valence-corrected chi connectivity index (χ3v) is 5.31. The maximum atomic E-state index is 12.8. The predicted molar refractivity (Wildman–Crippen MR) is 126 cm³/mol. The molecule has 0 fully saturated rings. The largest absolute Gasteiger partial charge is 0.464 e. The fraction of sp³-hybridized carbons (Fsp3) is 0.250. The lowest BCUT2D eigenvalue weighted by Gasteiger charge is -2.15. The van der Waals surface area contributed by atoms with Gasteiger partial charge in [-0.1, -0.05) is 49.7 Å². The van der Waals surface area contributed by atoms with E-state index in [1.165, 1.54) is 14.0 Å². The van der Waals surface area contributed by atoms with Crippen molar-refractivity contribution < 1.29 is 14.3 Å². The predicted octanol–water partition coefficient (Wildman–Crippen LogP) is 3.81. The zero-order valence-electron chi connectivity index (χ0n) is 19.2. The maximum Gasteiger partial charge on any atom is 0.358 e. The van der Waals surface area contributed by atoms with Crippen LogP contribution in [0.1, 0.15) is 43.0 Å². The van der Waals surface area contributed by atoms with Gasteiger partial charge in [0.25, 0.3) is 0 Å².